The van der Waals surface area contributed by atoms with Gasteiger partial charge in [0.05, 0.1) is 0 Å². The summed E-state index contributed by atoms with van der Waals surface area (Å²) in [5.74, 6) is -0.662. The molecule has 1 saturated carbocycles. The van der Waals surface area contributed by atoms with Crippen LogP contribution in [-0.2, 0) is 9.59 Å². The van der Waals surface area contributed by atoms with E-state index in [1.165, 1.54) is 0 Å². The Morgan fingerprint density at radius 2 is 2.00 bits per heavy atom. The van der Waals surface area contributed by atoms with E-state index in [-0.39, 0.29) is 18.4 Å². The second-order valence-electron chi connectivity index (χ2n) is 6.44. The summed E-state index contributed by atoms with van der Waals surface area (Å²) in [4.78, 5) is 41.0. The largest absolute Gasteiger partial charge is 0.361 e. The molecule has 4 amide bonds. The van der Waals surface area contributed by atoms with Gasteiger partial charge in [-0.1, -0.05) is 12.8 Å². The van der Waals surface area contributed by atoms with Crippen molar-refractivity contribution in [3.05, 3.63) is 30.5 Å². The van der Waals surface area contributed by atoms with Crippen molar-refractivity contribution in [2.75, 3.05) is 11.9 Å². The van der Waals surface area contributed by atoms with Crippen LogP contribution in [0.4, 0.5) is 10.5 Å². The van der Waals surface area contributed by atoms with Crippen LogP contribution in [0.5, 0.6) is 0 Å². The van der Waals surface area contributed by atoms with E-state index in [1.807, 2.05) is 24.4 Å². The van der Waals surface area contributed by atoms with Crippen molar-refractivity contribution < 1.29 is 14.4 Å². The van der Waals surface area contributed by atoms with Crippen molar-refractivity contribution in [3.8, 4) is 0 Å². The quantitative estimate of drug-likeness (QED) is 0.753. The molecule has 2 fully saturated rings. The summed E-state index contributed by atoms with van der Waals surface area (Å²) in [5.41, 5.74) is 0.835. The van der Waals surface area contributed by atoms with E-state index in [4.69, 9.17) is 0 Å². The average Bonchev–Trinajstić information content (AvgIpc) is 3.25. The molecule has 7 heteroatoms. The van der Waals surface area contributed by atoms with Gasteiger partial charge in [0.25, 0.3) is 5.91 Å². The van der Waals surface area contributed by atoms with Gasteiger partial charge in [-0.25, -0.2) is 4.79 Å². The minimum absolute atomic E-state index is 0.266. The first-order valence-electron chi connectivity index (χ1n) is 8.09. The first kappa shape index (κ1) is 14.7. The predicted molar refractivity (Wildman–Crippen MR) is 88.4 cm³/mol. The van der Waals surface area contributed by atoms with Crippen molar-refractivity contribution in [1.82, 2.24) is 15.2 Å². The topological polar surface area (TPSA) is 94.3 Å². The second kappa shape index (κ2) is 5.36. The molecule has 1 aliphatic heterocycles. The molecule has 24 heavy (non-hydrogen) atoms. The van der Waals surface area contributed by atoms with Crippen LogP contribution >= 0.6 is 0 Å². The molecule has 1 aromatic heterocycles. The Kier molecular flexibility index (Phi) is 3.30. The molecule has 0 bridgehead atoms. The summed E-state index contributed by atoms with van der Waals surface area (Å²) in [6.45, 7) is -0.266. The van der Waals surface area contributed by atoms with Gasteiger partial charge >= 0.3 is 6.03 Å². The predicted octanol–water partition coefficient (Wildman–Crippen LogP) is 1.97. The molecule has 2 heterocycles. The first-order chi connectivity index (χ1) is 11.6. The first-order valence-corrected chi connectivity index (χ1v) is 8.09. The molecule has 4 rings (SSSR count). The van der Waals surface area contributed by atoms with Gasteiger partial charge in [-0.05, 0) is 37.1 Å². The molecule has 124 valence electrons. The van der Waals surface area contributed by atoms with E-state index in [2.05, 4.69) is 15.6 Å². The van der Waals surface area contributed by atoms with Gasteiger partial charge in [-0.3, -0.25) is 14.5 Å². The Hall–Kier alpha value is -2.83. The van der Waals surface area contributed by atoms with Crippen LogP contribution in [0.1, 0.15) is 25.7 Å². The number of hydrogen-bond acceptors (Lipinski definition) is 3. The minimum Gasteiger partial charge on any atom is -0.361 e. The lowest BCUT2D eigenvalue weighted by Crippen LogP contribution is -2.44. The van der Waals surface area contributed by atoms with Crippen LogP contribution < -0.4 is 10.6 Å². The number of hydrogen-bond donors (Lipinski definition) is 3. The molecule has 0 unspecified atom stereocenters. The number of aromatic nitrogens is 1. The third-order valence-corrected chi connectivity index (χ3v) is 4.84. The van der Waals surface area contributed by atoms with Gasteiger partial charge in [-0.2, -0.15) is 0 Å². The Bertz CT molecular complexity index is 835. The van der Waals surface area contributed by atoms with E-state index in [0.29, 0.717) is 18.5 Å². The summed E-state index contributed by atoms with van der Waals surface area (Å²) >= 11 is 0. The molecular weight excluding hydrogens is 308 g/mol. The average molecular weight is 326 g/mol. The molecule has 0 atom stereocenters. The maximum Gasteiger partial charge on any atom is 0.325 e. The fraction of sp³-hybridized carbons (Fsp3) is 0.353. The molecule has 1 spiro atoms. The van der Waals surface area contributed by atoms with Crippen LogP contribution in [0.2, 0.25) is 0 Å². The van der Waals surface area contributed by atoms with Crippen molar-refractivity contribution in [1.29, 1.82) is 0 Å². The van der Waals surface area contributed by atoms with Gasteiger partial charge in [-0.15, -0.1) is 0 Å². The SMILES string of the molecule is O=C(CN1C(=O)NC2(CCCC2)C1=O)Nc1ccc2[nH]ccc2c1. The molecule has 1 saturated heterocycles. The van der Waals surface area contributed by atoms with Crippen LogP contribution in [0.25, 0.3) is 10.9 Å². The van der Waals surface area contributed by atoms with Gasteiger partial charge < -0.3 is 15.6 Å². The van der Waals surface area contributed by atoms with Crippen molar-refractivity contribution in [2.45, 2.75) is 31.2 Å². The Labute approximate surface area is 138 Å². The maximum absolute atomic E-state index is 12.5. The zero-order valence-electron chi connectivity index (χ0n) is 13.1. The Balaban J connectivity index is 1.45. The number of aromatic amines is 1. The van der Waals surface area contributed by atoms with Crippen LogP contribution in [-0.4, -0.2) is 39.8 Å². The number of nitrogens with one attached hydrogen (secondary N) is 3. The van der Waals surface area contributed by atoms with Crippen molar-refractivity contribution >= 4 is 34.4 Å². The highest BCUT2D eigenvalue weighted by Crippen LogP contribution is 2.34. The van der Waals surface area contributed by atoms with Gasteiger partial charge in [0.2, 0.25) is 5.91 Å². The van der Waals surface area contributed by atoms with Gasteiger partial charge in [0, 0.05) is 22.8 Å². The molecule has 2 aliphatic rings. The number of H-pyrrole nitrogens is 1. The number of urea groups is 1. The number of nitrogens with zero attached hydrogens (tertiary/aromatic N) is 1. The van der Waals surface area contributed by atoms with Gasteiger partial charge in [0.1, 0.15) is 12.1 Å². The monoisotopic (exact) mass is 326 g/mol. The number of carbonyl (C=O) groups is 3. The molecule has 2 aromatic rings. The molecule has 1 aromatic carbocycles. The van der Waals surface area contributed by atoms with Gasteiger partial charge in [0.15, 0.2) is 0 Å². The van der Waals surface area contributed by atoms with Crippen LogP contribution in [0.3, 0.4) is 0 Å². The number of anilines is 1. The van der Waals surface area contributed by atoms with E-state index in [0.717, 1.165) is 28.6 Å². The Morgan fingerprint density at radius 3 is 2.79 bits per heavy atom. The van der Waals surface area contributed by atoms with E-state index < -0.39 is 11.6 Å². The van der Waals surface area contributed by atoms with Crippen LogP contribution in [0.15, 0.2) is 30.5 Å². The summed E-state index contributed by atoms with van der Waals surface area (Å²) in [7, 11) is 0. The summed E-state index contributed by atoms with van der Waals surface area (Å²) in [6, 6.07) is 6.92. The van der Waals surface area contributed by atoms with Crippen molar-refractivity contribution in [2.24, 2.45) is 0 Å². The number of carbonyl (C=O) groups excluding carboxylic acids is 3. The lowest BCUT2D eigenvalue weighted by atomic mass is 9.98. The number of rotatable bonds is 3. The van der Waals surface area contributed by atoms with E-state index in [1.54, 1.807) is 6.07 Å². The van der Waals surface area contributed by atoms with Crippen molar-refractivity contribution in [3.63, 3.8) is 0 Å². The summed E-state index contributed by atoms with van der Waals surface area (Å²) in [5, 5.41) is 6.50. The molecule has 0 radical (unpaired) electrons. The summed E-state index contributed by atoms with van der Waals surface area (Å²) < 4.78 is 0. The number of fused-ring (bicyclic) bond motifs is 1. The number of amides is 4. The lowest BCUT2D eigenvalue weighted by Gasteiger charge is -2.19. The lowest BCUT2D eigenvalue weighted by molar-refractivity contribution is -0.133. The summed E-state index contributed by atoms with van der Waals surface area (Å²) in [6.07, 6.45) is 4.97. The molecule has 7 nitrogen and oxygen atoms in total. The Morgan fingerprint density at radius 1 is 1.21 bits per heavy atom. The van der Waals surface area contributed by atoms with E-state index >= 15 is 0 Å². The number of benzene rings is 1. The second-order valence-corrected chi connectivity index (χ2v) is 6.44. The van der Waals surface area contributed by atoms with E-state index in [9.17, 15) is 14.4 Å². The third-order valence-electron chi connectivity index (χ3n) is 4.84. The zero-order chi connectivity index (χ0) is 16.7. The third kappa shape index (κ3) is 2.33. The standard InChI is InChI=1S/C17H18N4O3/c22-14(19-12-3-4-13-11(9-12)5-8-18-13)10-21-15(23)17(20-16(21)24)6-1-2-7-17/h3-5,8-9,18H,1-2,6-7,10H2,(H,19,22)(H,20,24). The number of imide groups is 1. The molecular formula is C17H18N4O3. The zero-order valence-corrected chi connectivity index (χ0v) is 13.1. The smallest absolute Gasteiger partial charge is 0.325 e. The fourth-order valence-electron chi connectivity index (χ4n) is 3.61. The maximum atomic E-state index is 12.5. The molecule has 3 N–H and O–H groups in total. The highest BCUT2D eigenvalue weighted by atomic mass is 16.2. The normalized spacial score (nSPS) is 19.2. The minimum atomic E-state index is -0.776. The van der Waals surface area contributed by atoms with Crippen LogP contribution in [0, 0.1) is 0 Å². The molecule has 1 aliphatic carbocycles. The fourth-order valence-corrected chi connectivity index (χ4v) is 3.61. The highest BCUT2D eigenvalue weighted by Gasteiger charge is 2.52. The highest BCUT2D eigenvalue weighted by molar-refractivity contribution is 6.10.